The van der Waals surface area contributed by atoms with Crippen molar-refractivity contribution >= 4 is 10.9 Å². The molecular weight excluding hydrogens is 202 g/mol. The van der Waals surface area contributed by atoms with Crippen LogP contribution < -0.4 is 5.32 Å². The van der Waals surface area contributed by atoms with E-state index in [4.69, 9.17) is 0 Å². The molecule has 2 rings (SSSR count). The Bertz CT molecular complexity index is 490. The predicted octanol–water partition coefficient (Wildman–Crippen LogP) is 1.73. The second-order valence-corrected chi connectivity index (χ2v) is 3.93. The van der Waals surface area contributed by atoms with E-state index in [0.29, 0.717) is 0 Å². The molecule has 0 spiro atoms. The van der Waals surface area contributed by atoms with E-state index in [0.717, 1.165) is 41.5 Å². The van der Waals surface area contributed by atoms with Crippen LogP contribution in [0, 0.1) is 6.92 Å². The lowest BCUT2D eigenvalue weighted by Gasteiger charge is -2.02. The molecule has 16 heavy (non-hydrogen) atoms. The molecule has 0 aliphatic heterocycles. The predicted molar refractivity (Wildman–Crippen MR) is 64.7 cm³/mol. The minimum Gasteiger partial charge on any atom is -0.493 e. The van der Waals surface area contributed by atoms with Gasteiger partial charge >= 0.3 is 0 Å². The van der Waals surface area contributed by atoms with Gasteiger partial charge in [0.2, 0.25) is 5.88 Å². The van der Waals surface area contributed by atoms with Crippen LogP contribution in [0.2, 0.25) is 0 Å². The summed E-state index contributed by atoms with van der Waals surface area (Å²) in [6.07, 6.45) is 4.53. The van der Waals surface area contributed by atoms with E-state index in [-0.39, 0.29) is 5.88 Å². The first-order chi connectivity index (χ1) is 7.74. The lowest BCUT2D eigenvalue weighted by atomic mass is 10.1. The van der Waals surface area contributed by atoms with Crippen molar-refractivity contribution < 1.29 is 5.11 Å². The van der Waals surface area contributed by atoms with Gasteiger partial charge in [0, 0.05) is 12.4 Å². The Morgan fingerprint density at radius 3 is 3.06 bits per heavy atom. The van der Waals surface area contributed by atoms with Crippen LogP contribution in [0.3, 0.4) is 0 Å². The van der Waals surface area contributed by atoms with Crippen molar-refractivity contribution in [3.63, 3.8) is 0 Å². The first-order valence-electron chi connectivity index (χ1n) is 5.59. The largest absolute Gasteiger partial charge is 0.493 e. The molecule has 2 heterocycles. The number of aromatic nitrogens is 2. The molecule has 0 amide bonds. The molecule has 0 bridgehead atoms. The van der Waals surface area contributed by atoms with E-state index in [9.17, 15) is 5.11 Å². The van der Waals surface area contributed by atoms with Crippen LogP contribution in [0.15, 0.2) is 12.4 Å². The molecule has 0 aliphatic rings. The van der Waals surface area contributed by atoms with Crippen molar-refractivity contribution in [1.82, 2.24) is 15.3 Å². The normalized spacial score (nSPS) is 11.1. The molecule has 4 nitrogen and oxygen atoms in total. The van der Waals surface area contributed by atoms with E-state index in [2.05, 4.69) is 22.2 Å². The van der Waals surface area contributed by atoms with Gasteiger partial charge in [-0.1, -0.05) is 6.92 Å². The quantitative estimate of drug-likeness (QED) is 0.686. The number of H-pyrrole nitrogens is 1. The number of rotatable bonds is 4. The minimum atomic E-state index is 0.119. The molecule has 0 radical (unpaired) electrons. The van der Waals surface area contributed by atoms with Crippen LogP contribution in [0.25, 0.3) is 10.9 Å². The van der Waals surface area contributed by atoms with Crippen molar-refractivity contribution in [3.8, 4) is 5.88 Å². The average molecular weight is 219 g/mol. The van der Waals surface area contributed by atoms with Crippen LogP contribution in [0.1, 0.15) is 18.1 Å². The molecule has 4 heteroatoms. The second kappa shape index (κ2) is 4.53. The molecule has 0 saturated heterocycles. The Morgan fingerprint density at radius 2 is 2.31 bits per heavy atom. The highest BCUT2D eigenvalue weighted by Crippen LogP contribution is 2.27. The summed E-state index contributed by atoms with van der Waals surface area (Å²) in [5, 5.41) is 13.9. The summed E-state index contributed by atoms with van der Waals surface area (Å²) in [5.74, 6) is 0.119. The van der Waals surface area contributed by atoms with Crippen LogP contribution in [0.5, 0.6) is 5.88 Å². The Morgan fingerprint density at radius 1 is 1.50 bits per heavy atom. The van der Waals surface area contributed by atoms with Crippen molar-refractivity contribution in [2.75, 3.05) is 13.1 Å². The molecular formula is C12H17N3O. The van der Waals surface area contributed by atoms with Crippen molar-refractivity contribution in [2.24, 2.45) is 0 Å². The number of hydrogen-bond donors (Lipinski definition) is 3. The molecule has 0 atom stereocenters. The van der Waals surface area contributed by atoms with Gasteiger partial charge in [-0.25, -0.2) is 4.98 Å². The first kappa shape index (κ1) is 11.0. The number of pyridine rings is 1. The number of likely N-dealkylation sites (N-methyl/N-ethyl adjacent to an activating group) is 1. The zero-order valence-electron chi connectivity index (χ0n) is 9.67. The SMILES string of the molecule is CCNCCc1c[nH]c2c(C)cnc(O)c12. The maximum atomic E-state index is 9.77. The number of aromatic hydroxyl groups is 1. The summed E-state index contributed by atoms with van der Waals surface area (Å²) in [5.41, 5.74) is 3.16. The summed E-state index contributed by atoms with van der Waals surface area (Å²) in [7, 11) is 0. The lowest BCUT2D eigenvalue weighted by Crippen LogP contribution is -2.15. The van der Waals surface area contributed by atoms with E-state index < -0.39 is 0 Å². The Balaban J connectivity index is 2.36. The standard InChI is InChI=1S/C12H17N3O/c1-3-13-5-4-9-7-14-11-8(2)6-15-12(16)10(9)11/h6-7,13-14H,3-5H2,1-2H3,(H,15,16). The zero-order valence-corrected chi connectivity index (χ0v) is 9.67. The summed E-state index contributed by atoms with van der Waals surface area (Å²) in [6, 6.07) is 0. The smallest absolute Gasteiger partial charge is 0.220 e. The summed E-state index contributed by atoms with van der Waals surface area (Å²) in [6.45, 7) is 5.94. The number of fused-ring (bicyclic) bond motifs is 1. The third-order valence-corrected chi connectivity index (χ3v) is 2.78. The van der Waals surface area contributed by atoms with E-state index >= 15 is 0 Å². The topological polar surface area (TPSA) is 60.9 Å². The molecule has 0 unspecified atom stereocenters. The summed E-state index contributed by atoms with van der Waals surface area (Å²) in [4.78, 5) is 7.18. The second-order valence-electron chi connectivity index (χ2n) is 3.93. The number of aryl methyl sites for hydroxylation is 1. The van der Waals surface area contributed by atoms with Crippen LogP contribution in [0.4, 0.5) is 0 Å². The molecule has 0 saturated carbocycles. The highest BCUT2D eigenvalue weighted by molar-refractivity contribution is 5.89. The van der Waals surface area contributed by atoms with Crippen LogP contribution >= 0.6 is 0 Å². The van der Waals surface area contributed by atoms with Gasteiger partial charge in [-0.2, -0.15) is 0 Å². The fourth-order valence-corrected chi connectivity index (χ4v) is 1.91. The van der Waals surface area contributed by atoms with Crippen LogP contribution in [-0.4, -0.2) is 28.2 Å². The van der Waals surface area contributed by atoms with Gasteiger partial charge in [0.1, 0.15) is 0 Å². The lowest BCUT2D eigenvalue weighted by molar-refractivity contribution is 0.460. The van der Waals surface area contributed by atoms with Gasteiger partial charge in [-0.05, 0) is 37.6 Å². The molecule has 2 aromatic heterocycles. The maximum Gasteiger partial charge on any atom is 0.220 e. The van der Waals surface area contributed by atoms with E-state index in [1.54, 1.807) is 6.20 Å². The molecule has 0 aliphatic carbocycles. The van der Waals surface area contributed by atoms with Crippen molar-refractivity contribution in [3.05, 3.63) is 23.5 Å². The minimum absolute atomic E-state index is 0.119. The van der Waals surface area contributed by atoms with Gasteiger partial charge in [-0.3, -0.25) is 0 Å². The summed E-state index contributed by atoms with van der Waals surface area (Å²) >= 11 is 0. The third kappa shape index (κ3) is 1.88. The van der Waals surface area contributed by atoms with Gasteiger partial charge < -0.3 is 15.4 Å². The van der Waals surface area contributed by atoms with E-state index in [1.165, 1.54) is 0 Å². The zero-order chi connectivity index (χ0) is 11.5. The average Bonchev–Trinajstić information content (AvgIpc) is 2.69. The number of aromatic amines is 1. The maximum absolute atomic E-state index is 9.77. The number of hydrogen-bond acceptors (Lipinski definition) is 3. The Kier molecular flexibility index (Phi) is 3.10. The molecule has 0 aromatic carbocycles. The van der Waals surface area contributed by atoms with Crippen molar-refractivity contribution in [1.29, 1.82) is 0 Å². The number of nitrogens with one attached hydrogen (secondary N) is 2. The molecule has 3 N–H and O–H groups in total. The van der Waals surface area contributed by atoms with Gasteiger partial charge in [0.15, 0.2) is 0 Å². The Labute approximate surface area is 94.7 Å². The highest BCUT2D eigenvalue weighted by Gasteiger charge is 2.10. The monoisotopic (exact) mass is 219 g/mol. The Hall–Kier alpha value is -1.55. The first-order valence-corrected chi connectivity index (χ1v) is 5.59. The van der Waals surface area contributed by atoms with Crippen LogP contribution in [-0.2, 0) is 6.42 Å². The van der Waals surface area contributed by atoms with E-state index in [1.807, 2.05) is 13.1 Å². The third-order valence-electron chi connectivity index (χ3n) is 2.78. The van der Waals surface area contributed by atoms with Gasteiger partial charge in [0.05, 0.1) is 10.9 Å². The fourth-order valence-electron chi connectivity index (χ4n) is 1.91. The fraction of sp³-hybridized carbons (Fsp3) is 0.417. The molecule has 86 valence electrons. The molecule has 2 aromatic rings. The number of nitrogens with zero attached hydrogens (tertiary/aromatic N) is 1. The highest BCUT2D eigenvalue weighted by atomic mass is 16.3. The summed E-state index contributed by atoms with van der Waals surface area (Å²) < 4.78 is 0. The van der Waals surface area contributed by atoms with Gasteiger partial charge in [-0.15, -0.1) is 0 Å². The van der Waals surface area contributed by atoms with Gasteiger partial charge in [0.25, 0.3) is 0 Å². The van der Waals surface area contributed by atoms with Crippen molar-refractivity contribution in [2.45, 2.75) is 20.3 Å². The molecule has 0 fully saturated rings.